The molecule has 1 aromatic heterocycles. The summed E-state index contributed by atoms with van der Waals surface area (Å²) in [4.78, 5) is 16.9. The molecule has 0 radical (unpaired) electrons. The summed E-state index contributed by atoms with van der Waals surface area (Å²) in [7, 11) is 1.33. The number of amides is 1. The van der Waals surface area contributed by atoms with Crippen molar-refractivity contribution in [1.29, 1.82) is 0 Å². The molecule has 0 saturated heterocycles. The van der Waals surface area contributed by atoms with Gasteiger partial charge in [0.05, 0.1) is 23.4 Å². The van der Waals surface area contributed by atoms with E-state index in [4.69, 9.17) is 4.74 Å². The predicted octanol–water partition coefficient (Wildman–Crippen LogP) is 4.42. The summed E-state index contributed by atoms with van der Waals surface area (Å²) in [6.07, 6.45) is -8.66. The normalized spacial score (nSPS) is 11.8. The molecule has 0 saturated carbocycles. The number of rotatable bonds is 8. The van der Waals surface area contributed by atoms with Gasteiger partial charge in [-0.1, -0.05) is 0 Å². The Bertz CT molecular complexity index is 1060. The summed E-state index contributed by atoms with van der Waals surface area (Å²) >= 11 is 1.32. The van der Waals surface area contributed by atoms with Crippen molar-refractivity contribution in [3.05, 3.63) is 52.5 Å². The Hall–Kier alpha value is -2.76. The standard InChI is InChI=1S/C19H16F4N2O4S/c1-28-9-10-6-12(29-19(22,23)18(20)21)3-4-13(10)17(27)24-11-2-5-15-14(7-11)25-16(8-26)30-15/h2-7,18,26H,8-9H2,1H3,(H,24,27). The number of nitrogens with zero attached hydrogens (tertiary/aromatic N) is 1. The average Bonchev–Trinajstić information content (AvgIpc) is 3.10. The molecule has 0 fully saturated rings. The number of fused-ring (bicyclic) bond motifs is 1. The molecule has 0 spiro atoms. The van der Waals surface area contributed by atoms with Crippen LogP contribution >= 0.6 is 11.3 Å². The van der Waals surface area contributed by atoms with Crippen molar-refractivity contribution in [3.63, 3.8) is 0 Å². The molecule has 1 amide bonds. The van der Waals surface area contributed by atoms with Crippen LogP contribution in [-0.2, 0) is 18.0 Å². The van der Waals surface area contributed by atoms with Gasteiger partial charge in [0.25, 0.3) is 5.91 Å². The molecule has 0 unspecified atom stereocenters. The number of methoxy groups -OCH3 is 1. The van der Waals surface area contributed by atoms with Crippen LogP contribution in [0, 0.1) is 0 Å². The van der Waals surface area contributed by atoms with Crippen LogP contribution in [0.3, 0.4) is 0 Å². The maximum absolute atomic E-state index is 13.1. The number of benzene rings is 2. The minimum absolute atomic E-state index is 0.0963. The molecular formula is C19H16F4N2O4S. The van der Waals surface area contributed by atoms with Crippen LogP contribution in [0.2, 0.25) is 0 Å². The fourth-order valence-corrected chi connectivity index (χ4v) is 3.46. The van der Waals surface area contributed by atoms with Gasteiger partial charge in [-0.05, 0) is 42.0 Å². The van der Waals surface area contributed by atoms with Gasteiger partial charge in [0, 0.05) is 18.4 Å². The van der Waals surface area contributed by atoms with Crippen molar-refractivity contribution in [2.24, 2.45) is 0 Å². The van der Waals surface area contributed by atoms with Crippen LogP contribution in [0.4, 0.5) is 23.2 Å². The van der Waals surface area contributed by atoms with E-state index in [9.17, 15) is 27.5 Å². The first-order valence-electron chi connectivity index (χ1n) is 8.52. The Labute approximate surface area is 172 Å². The second-order valence-corrected chi connectivity index (χ2v) is 7.23. The van der Waals surface area contributed by atoms with Crippen LogP contribution < -0.4 is 10.1 Å². The number of alkyl halides is 4. The first-order valence-corrected chi connectivity index (χ1v) is 9.33. The lowest BCUT2D eigenvalue weighted by atomic mass is 10.1. The third kappa shape index (κ3) is 4.86. The van der Waals surface area contributed by atoms with E-state index in [1.54, 1.807) is 18.2 Å². The van der Waals surface area contributed by atoms with Crippen LogP contribution in [0.25, 0.3) is 10.2 Å². The number of carbonyl (C=O) groups excluding carboxylic acids is 1. The number of carbonyl (C=O) groups is 1. The quantitative estimate of drug-likeness (QED) is 0.503. The number of aliphatic hydroxyl groups excluding tert-OH is 1. The molecule has 6 nitrogen and oxygen atoms in total. The maximum atomic E-state index is 13.1. The summed E-state index contributed by atoms with van der Waals surface area (Å²) < 4.78 is 60.9. The zero-order chi connectivity index (χ0) is 21.9. The van der Waals surface area contributed by atoms with Gasteiger partial charge in [-0.2, -0.15) is 17.6 Å². The van der Waals surface area contributed by atoms with E-state index in [-0.39, 0.29) is 24.3 Å². The second-order valence-electron chi connectivity index (χ2n) is 6.12. The van der Waals surface area contributed by atoms with Gasteiger partial charge in [-0.3, -0.25) is 4.79 Å². The molecule has 1 heterocycles. The minimum Gasteiger partial charge on any atom is -0.428 e. The smallest absolute Gasteiger partial charge is 0.428 e. The molecule has 2 N–H and O–H groups in total. The highest BCUT2D eigenvalue weighted by molar-refractivity contribution is 7.18. The summed E-state index contributed by atoms with van der Waals surface area (Å²) in [5.74, 6) is -1.09. The van der Waals surface area contributed by atoms with Crippen LogP contribution in [0.15, 0.2) is 36.4 Å². The number of hydrogen-bond acceptors (Lipinski definition) is 6. The number of hydrogen-bond donors (Lipinski definition) is 2. The van der Waals surface area contributed by atoms with Crippen molar-refractivity contribution in [3.8, 4) is 5.75 Å². The lowest BCUT2D eigenvalue weighted by Gasteiger charge is -2.18. The lowest BCUT2D eigenvalue weighted by molar-refractivity contribution is -0.253. The molecule has 3 aromatic rings. The Balaban J connectivity index is 1.83. The zero-order valence-corrected chi connectivity index (χ0v) is 16.3. The Morgan fingerprint density at radius 1 is 1.27 bits per heavy atom. The number of halogens is 4. The lowest BCUT2D eigenvalue weighted by Crippen LogP contribution is -2.33. The van der Waals surface area contributed by atoms with Crippen LogP contribution in [0.5, 0.6) is 5.75 Å². The Kier molecular flexibility index (Phi) is 6.54. The van der Waals surface area contributed by atoms with Crippen LogP contribution in [0.1, 0.15) is 20.9 Å². The molecule has 0 aliphatic rings. The molecule has 2 aromatic carbocycles. The van der Waals surface area contributed by atoms with Crippen LogP contribution in [-0.4, -0.2) is 35.6 Å². The van der Waals surface area contributed by atoms with Crippen molar-refractivity contribution in [2.45, 2.75) is 25.7 Å². The number of aromatic nitrogens is 1. The Morgan fingerprint density at radius 2 is 2.03 bits per heavy atom. The molecule has 160 valence electrons. The van der Waals surface area contributed by atoms with Gasteiger partial charge in [-0.25, -0.2) is 4.98 Å². The first-order chi connectivity index (χ1) is 14.2. The second kappa shape index (κ2) is 8.94. The van der Waals surface area contributed by atoms with Gasteiger partial charge in [0.1, 0.15) is 10.8 Å². The van der Waals surface area contributed by atoms with E-state index < -0.39 is 24.2 Å². The maximum Gasteiger partial charge on any atom is 0.461 e. The van der Waals surface area contributed by atoms with Crippen molar-refractivity contribution in [2.75, 3.05) is 12.4 Å². The van der Waals surface area contributed by atoms with Gasteiger partial charge < -0.3 is 19.9 Å². The fraction of sp³-hybridized carbons (Fsp3) is 0.263. The predicted molar refractivity (Wildman–Crippen MR) is 102 cm³/mol. The minimum atomic E-state index is -4.66. The SMILES string of the molecule is COCc1cc(OC(F)(F)C(F)F)ccc1C(=O)Nc1ccc2sc(CO)nc2c1. The highest BCUT2D eigenvalue weighted by atomic mass is 32.1. The number of ether oxygens (including phenoxy) is 2. The summed E-state index contributed by atoms with van der Waals surface area (Å²) in [6.45, 7) is -0.328. The third-order valence-electron chi connectivity index (χ3n) is 3.95. The van der Waals surface area contributed by atoms with Crippen molar-refractivity contribution >= 4 is 33.1 Å². The molecule has 30 heavy (non-hydrogen) atoms. The van der Waals surface area contributed by atoms with E-state index in [0.29, 0.717) is 16.2 Å². The van der Waals surface area contributed by atoms with Gasteiger partial charge in [-0.15, -0.1) is 11.3 Å². The number of anilines is 1. The van der Waals surface area contributed by atoms with Gasteiger partial charge in [0.15, 0.2) is 0 Å². The highest BCUT2D eigenvalue weighted by Gasteiger charge is 2.44. The number of aliphatic hydroxyl groups is 1. The monoisotopic (exact) mass is 444 g/mol. The summed E-state index contributed by atoms with van der Waals surface area (Å²) in [6, 6.07) is 8.25. The zero-order valence-electron chi connectivity index (χ0n) is 15.5. The summed E-state index contributed by atoms with van der Waals surface area (Å²) in [5.41, 5.74) is 1.29. The molecule has 11 heteroatoms. The van der Waals surface area contributed by atoms with E-state index in [2.05, 4.69) is 15.0 Å². The number of thiazole rings is 1. The average molecular weight is 444 g/mol. The molecular weight excluding hydrogens is 428 g/mol. The van der Waals surface area contributed by atoms with Crippen molar-refractivity contribution < 1.29 is 36.9 Å². The van der Waals surface area contributed by atoms with Gasteiger partial charge in [0.2, 0.25) is 0 Å². The van der Waals surface area contributed by atoms with E-state index in [1.165, 1.54) is 24.5 Å². The van der Waals surface area contributed by atoms with E-state index >= 15 is 0 Å². The van der Waals surface area contributed by atoms with Gasteiger partial charge >= 0.3 is 12.5 Å². The number of nitrogens with one attached hydrogen (secondary N) is 1. The molecule has 3 rings (SSSR count). The molecule has 0 aliphatic carbocycles. The third-order valence-corrected chi connectivity index (χ3v) is 4.98. The first kappa shape index (κ1) is 21.9. The van der Waals surface area contributed by atoms with E-state index in [0.717, 1.165) is 16.8 Å². The molecule has 0 atom stereocenters. The fourth-order valence-electron chi connectivity index (χ4n) is 2.65. The largest absolute Gasteiger partial charge is 0.461 e. The summed E-state index contributed by atoms with van der Waals surface area (Å²) in [5, 5.41) is 12.4. The van der Waals surface area contributed by atoms with Crippen molar-refractivity contribution in [1.82, 2.24) is 4.98 Å². The molecule has 0 aliphatic heterocycles. The topological polar surface area (TPSA) is 80.7 Å². The highest BCUT2D eigenvalue weighted by Crippen LogP contribution is 2.30. The van der Waals surface area contributed by atoms with E-state index in [1.807, 2.05) is 0 Å². The molecule has 0 bridgehead atoms. The Morgan fingerprint density at radius 3 is 2.70 bits per heavy atom.